The second-order valence-corrected chi connectivity index (χ2v) is 13.9. The highest BCUT2D eigenvalue weighted by molar-refractivity contribution is 6.38. The Morgan fingerprint density at radius 3 is 2.33 bits per heavy atom. The third kappa shape index (κ3) is 6.96. The molecule has 5 rings (SSSR count). The molecule has 3 amide bonds. The molecular weight excluding hydrogens is 546 g/mol. The van der Waals surface area contributed by atoms with Gasteiger partial charge in [-0.05, 0) is 53.9 Å². The van der Waals surface area contributed by atoms with Crippen molar-refractivity contribution in [2.45, 2.75) is 97.2 Å². The molecule has 4 fully saturated rings. The zero-order chi connectivity index (χ0) is 30.7. The van der Waals surface area contributed by atoms with Crippen molar-refractivity contribution in [3.63, 3.8) is 0 Å². The van der Waals surface area contributed by atoms with Crippen LogP contribution in [0.2, 0.25) is 0 Å². The van der Waals surface area contributed by atoms with E-state index in [-0.39, 0.29) is 47.5 Å². The first kappa shape index (κ1) is 31.2. The summed E-state index contributed by atoms with van der Waals surface area (Å²) < 4.78 is 5.20. The number of ketones is 1. The zero-order valence-corrected chi connectivity index (χ0v) is 25.8. The quantitative estimate of drug-likeness (QED) is 0.281. The normalized spacial score (nSPS) is 25.9. The van der Waals surface area contributed by atoms with E-state index in [4.69, 9.17) is 4.74 Å². The van der Waals surface area contributed by atoms with Gasteiger partial charge in [-0.25, -0.2) is 0 Å². The van der Waals surface area contributed by atoms with Crippen molar-refractivity contribution in [2.24, 2.45) is 35.0 Å². The fourth-order valence-corrected chi connectivity index (χ4v) is 7.65. The molecular formula is C34H47N3O6. The molecule has 0 spiro atoms. The first-order valence-corrected chi connectivity index (χ1v) is 16.2. The van der Waals surface area contributed by atoms with Crippen molar-refractivity contribution in [3.05, 3.63) is 35.9 Å². The van der Waals surface area contributed by atoms with Crippen LogP contribution in [-0.4, -0.2) is 59.5 Å². The summed E-state index contributed by atoms with van der Waals surface area (Å²) in [6, 6.07) is 7.52. The molecule has 4 aliphatic rings. The van der Waals surface area contributed by atoms with Gasteiger partial charge in [-0.2, -0.15) is 0 Å². The Labute approximate surface area is 254 Å². The van der Waals surface area contributed by atoms with E-state index < -0.39 is 36.3 Å². The molecule has 1 aliphatic heterocycles. The number of ether oxygens (including phenoxy) is 1. The van der Waals surface area contributed by atoms with E-state index in [1.54, 1.807) is 4.90 Å². The van der Waals surface area contributed by atoms with Crippen LogP contribution in [-0.2, 0) is 35.3 Å². The van der Waals surface area contributed by atoms with Gasteiger partial charge in [-0.15, -0.1) is 0 Å². The van der Waals surface area contributed by atoms with E-state index in [0.29, 0.717) is 18.9 Å². The molecule has 1 heterocycles. The van der Waals surface area contributed by atoms with Gasteiger partial charge in [0.25, 0.3) is 5.91 Å². The summed E-state index contributed by atoms with van der Waals surface area (Å²) in [4.78, 5) is 67.9. The minimum absolute atomic E-state index is 0.0303. The Kier molecular flexibility index (Phi) is 9.57. The van der Waals surface area contributed by atoms with Gasteiger partial charge in [0.2, 0.25) is 17.6 Å². The van der Waals surface area contributed by atoms with E-state index >= 15 is 0 Å². The van der Waals surface area contributed by atoms with E-state index in [9.17, 15) is 24.0 Å². The highest BCUT2D eigenvalue weighted by Crippen LogP contribution is 2.65. The summed E-state index contributed by atoms with van der Waals surface area (Å²) in [7, 11) is 0. The minimum Gasteiger partial charge on any atom is -0.460 e. The van der Waals surface area contributed by atoms with E-state index in [0.717, 1.165) is 50.5 Å². The molecule has 43 heavy (non-hydrogen) atoms. The molecule has 3 aliphatic carbocycles. The lowest BCUT2D eigenvalue weighted by Crippen LogP contribution is -2.56. The number of nitrogens with zero attached hydrogens (tertiary/aromatic N) is 1. The number of hydrogen-bond acceptors (Lipinski definition) is 6. The van der Waals surface area contributed by atoms with Crippen molar-refractivity contribution in [3.8, 4) is 0 Å². The average molecular weight is 594 g/mol. The Morgan fingerprint density at radius 2 is 1.67 bits per heavy atom. The molecule has 1 aromatic rings. The molecule has 234 valence electrons. The Bertz CT molecular complexity index is 1210. The number of likely N-dealkylation sites (tertiary alicyclic amines) is 1. The van der Waals surface area contributed by atoms with Crippen molar-refractivity contribution >= 4 is 29.5 Å². The lowest BCUT2D eigenvalue weighted by atomic mass is 9.79. The van der Waals surface area contributed by atoms with Gasteiger partial charge in [0.1, 0.15) is 19.2 Å². The largest absolute Gasteiger partial charge is 0.460 e. The maximum atomic E-state index is 13.9. The van der Waals surface area contributed by atoms with Gasteiger partial charge in [0, 0.05) is 12.5 Å². The Morgan fingerprint density at radius 1 is 0.977 bits per heavy atom. The van der Waals surface area contributed by atoms with Crippen molar-refractivity contribution in [2.75, 3.05) is 13.1 Å². The third-order valence-electron chi connectivity index (χ3n) is 10.8. The summed E-state index contributed by atoms with van der Waals surface area (Å²) >= 11 is 0. The molecule has 0 bridgehead atoms. The maximum Gasteiger partial charge on any atom is 0.325 e. The number of fused-ring (bicyclic) bond motifs is 1. The summed E-state index contributed by atoms with van der Waals surface area (Å²) in [6.07, 6.45) is 8.89. The fourth-order valence-electron chi connectivity index (χ4n) is 7.65. The zero-order valence-electron chi connectivity index (χ0n) is 25.8. The molecule has 2 unspecified atom stereocenters. The van der Waals surface area contributed by atoms with Gasteiger partial charge in [-0.1, -0.05) is 89.6 Å². The second-order valence-electron chi connectivity index (χ2n) is 13.9. The molecule has 1 aromatic carbocycles. The van der Waals surface area contributed by atoms with Gasteiger partial charge < -0.3 is 20.3 Å². The van der Waals surface area contributed by atoms with Crippen molar-refractivity contribution in [1.82, 2.24) is 15.5 Å². The van der Waals surface area contributed by atoms with E-state index in [1.807, 2.05) is 37.3 Å². The first-order chi connectivity index (χ1) is 20.6. The number of Topliss-reactive ketones (excluding diaryl/α,β-unsaturated/α-hetero) is 1. The van der Waals surface area contributed by atoms with Crippen LogP contribution in [0, 0.1) is 35.0 Å². The van der Waals surface area contributed by atoms with Crippen LogP contribution in [0.1, 0.15) is 84.1 Å². The Hall–Kier alpha value is -3.23. The number of benzene rings is 1. The Balaban J connectivity index is 1.22. The molecule has 5 atom stereocenters. The molecule has 1 saturated heterocycles. The predicted molar refractivity (Wildman–Crippen MR) is 160 cm³/mol. The summed E-state index contributed by atoms with van der Waals surface area (Å²) in [5.41, 5.74) is 0.757. The van der Waals surface area contributed by atoms with Crippen LogP contribution in [0.15, 0.2) is 30.3 Å². The van der Waals surface area contributed by atoms with Crippen LogP contribution in [0.3, 0.4) is 0 Å². The lowest BCUT2D eigenvalue weighted by Gasteiger charge is -2.36. The summed E-state index contributed by atoms with van der Waals surface area (Å²) in [5.74, 6) is -1.94. The average Bonchev–Trinajstić information content (AvgIpc) is 3.30. The second kappa shape index (κ2) is 13.2. The van der Waals surface area contributed by atoms with Crippen LogP contribution >= 0.6 is 0 Å². The summed E-state index contributed by atoms with van der Waals surface area (Å²) in [5, 5.41) is 5.29. The molecule has 0 radical (unpaired) electrons. The molecule has 2 N–H and O–H groups in total. The topological polar surface area (TPSA) is 122 Å². The number of esters is 1. The summed E-state index contributed by atoms with van der Waals surface area (Å²) in [6.45, 7) is 6.45. The van der Waals surface area contributed by atoms with Crippen LogP contribution < -0.4 is 10.6 Å². The van der Waals surface area contributed by atoms with Gasteiger partial charge in [-0.3, -0.25) is 24.0 Å². The highest BCUT2D eigenvalue weighted by atomic mass is 16.5. The van der Waals surface area contributed by atoms with E-state index in [2.05, 4.69) is 24.5 Å². The molecule has 3 saturated carbocycles. The smallest absolute Gasteiger partial charge is 0.325 e. The molecule has 9 heteroatoms. The van der Waals surface area contributed by atoms with Crippen LogP contribution in [0.25, 0.3) is 0 Å². The lowest BCUT2D eigenvalue weighted by molar-refractivity contribution is -0.147. The number of piperidine rings is 1. The number of nitrogens with one attached hydrogen (secondary N) is 2. The fraction of sp³-hybridized carbons (Fsp3) is 0.676. The standard InChI is InChI=1S/C34H47N3O6/c1-21(24-15-8-5-9-16-24)33(42)37-19-25-28(34(25,2)3)29(37)31(40)36-26(17-22-13-10-14-22)30(39)32(41)35-18-27(38)43-20-23-11-6-4-7-12-23/h4,6-7,11-12,21-22,24-26,28-29H,5,8-10,13-20H2,1-3H3,(H,35,41)(H,36,40)/t21-,25-,26?,28-,29?/m0/s1. The van der Waals surface area contributed by atoms with Gasteiger partial charge in [0.15, 0.2) is 0 Å². The predicted octanol–water partition coefficient (Wildman–Crippen LogP) is 3.79. The van der Waals surface area contributed by atoms with Gasteiger partial charge >= 0.3 is 5.97 Å². The minimum atomic E-state index is -1.01. The van der Waals surface area contributed by atoms with Crippen molar-refractivity contribution in [1.29, 1.82) is 0 Å². The molecule has 0 aromatic heterocycles. The first-order valence-electron chi connectivity index (χ1n) is 16.2. The van der Waals surface area contributed by atoms with Crippen LogP contribution in [0.4, 0.5) is 0 Å². The van der Waals surface area contributed by atoms with Gasteiger partial charge in [0.05, 0.1) is 6.04 Å². The highest BCUT2D eigenvalue weighted by Gasteiger charge is 2.69. The maximum absolute atomic E-state index is 13.9. The third-order valence-corrected chi connectivity index (χ3v) is 10.8. The monoisotopic (exact) mass is 593 g/mol. The number of rotatable bonds is 12. The number of amides is 3. The number of hydrogen-bond donors (Lipinski definition) is 2. The number of carbonyl (C=O) groups excluding carboxylic acids is 5. The van der Waals surface area contributed by atoms with E-state index in [1.165, 1.54) is 6.42 Å². The molecule has 9 nitrogen and oxygen atoms in total. The van der Waals surface area contributed by atoms with Crippen LogP contribution in [0.5, 0.6) is 0 Å². The van der Waals surface area contributed by atoms with Crippen molar-refractivity contribution < 1.29 is 28.7 Å². The number of carbonyl (C=O) groups is 5. The SMILES string of the molecule is C[C@H](C(=O)N1C[C@H]2[C@@H](C1C(=O)NC(CC1CCC1)C(=O)C(=O)NCC(=O)OCc1ccccc1)C2(C)C)C1CCCCC1.